The van der Waals surface area contributed by atoms with E-state index in [-0.39, 0.29) is 21.8 Å². The third-order valence-corrected chi connectivity index (χ3v) is 6.17. The van der Waals surface area contributed by atoms with Gasteiger partial charge in [-0.05, 0) is 50.2 Å². The average molecular weight is 434 g/mol. The number of carbonyl (C=O) groups excluding carboxylic acids is 1. The molecule has 1 aliphatic heterocycles. The number of nitrogens with zero attached hydrogens (tertiary/aromatic N) is 2. The number of amidine groups is 1. The smallest absolute Gasteiger partial charge is 0.339 e. The van der Waals surface area contributed by atoms with Crippen LogP contribution in [0.15, 0.2) is 57.6 Å². The second-order valence-electron chi connectivity index (χ2n) is 6.15. The number of rotatable bonds is 6. The van der Waals surface area contributed by atoms with Crippen molar-refractivity contribution in [2.24, 2.45) is 10.2 Å². The van der Waals surface area contributed by atoms with E-state index in [0.29, 0.717) is 16.5 Å². The summed E-state index contributed by atoms with van der Waals surface area (Å²) in [5.41, 5.74) is 1.33. The van der Waals surface area contributed by atoms with Gasteiger partial charge in [-0.25, -0.2) is 0 Å². The van der Waals surface area contributed by atoms with Crippen LogP contribution in [0.2, 0.25) is 0 Å². The van der Waals surface area contributed by atoms with Crippen LogP contribution in [0.4, 0.5) is 0 Å². The van der Waals surface area contributed by atoms with Crippen LogP contribution in [0.1, 0.15) is 18.1 Å². The Kier molecular flexibility index (Phi) is 6.23. The van der Waals surface area contributed by atoms with E-state index in [1.165, 1.54) is 37.2 Å². The molecule has 1 N–H and O–H groups in total. The van der Waals surface area contributed by atoms with Crippen LogP contribution in [-0.2, 0) is 14.9 Å². The second kappa shape index (κ2) is 8.66. The standard InChI is InChI=1S/C19H19N3O5S2/c1-12-4-9-17(27-29(24,25)16-7-5-15(26-3)6-8-16)14(10-12)11-20-22-19-21-18(23)13(2)28-19/h4-11,13H,1-3H3,(H,21,22,23)/t13-/m1/s1. The Morgan fingerprint density at radius 3 is 2.52 bits per heavy atom. The van der Waals surface area contributed by atoms with E-state index in [2.05, 4.69) is 15.5 Å². The van der Waals surface area contributed by atoms with Crippen LogP contribution in [0.25, 0.3) is 0 Å². The van der Waals surface area contributed by atoms with E-state index < -0.39 is 10.1 Å². The van der Waals surface area contributed by atoms with Crippen LogP contribution >= 0.6 is 11.8 Å². The summed E-state index contributed by atoms with van der Waals surface area (Å²) in [4.78, 5) is 11.5. The monoisotopic (exact) mass is 433 g/mol. The van der Waals surface area contributed by atoms with E-state index in [0.717, 1.165) is 5.56 Å². The van der Waals surface area contributed by atoms with Crippen molar-refractivity contribution in [1.29, 1.82) is 0 Å². The molecule has 0 aliphatic carbocycles. The second-order valence-corrected chi connectivity index (χ2v) is 9.03. The summed E-state index contributed by atoms with van der Waals surface area (Å²) in [6.45, 7) is 3.63. The lowest BCUT2D eigenvalue weighted by Gasteiger charge is -2.10. The molecule has 0 aromatic heterocycles. The number of benzene rings is 2. The van der Waals surface area contributed by atoms with Gasteiger partial charge in [0.15, 0.2) is 10.9 Å². The largest absolute Gasteiger partial charge is 0.497 e. The van der Waals surface area contributed by atoms with Crippen molar-refractivity contribution in [2.45, 2.75) is 24.0 Å². The van der Waals surface area contributed by atoms with Crippen LogP contribution in [-0.4, -0.2) is 38.1 Å². The number of nitrogens with one attached hydrogen (secondary N) is 1. The van der Waals surface area contributed by atoms with Crippen molar-refractivity contribution in [3.63, 3.8) is 0 Å². The fourth-order valence-corrected chi connectivity index (χ4v) is 4.11. The van der Waals surface area contributed by atoms with Crippen molar-refractivity contribution in [1.82, 2.24) is 5.32 Å². The molecule has 152 valence electrons. The zero-order valence-electron chi connectivity index (χ0n) is 15.9. The molecule has 8 nitrogen and oxygen atoms in total. The minimum absolute atomic E-state index is 0.000984. The van der Waals surface area contributed by atoms with Crippen LogP contribution in [0, 0.1) is 6.92 Å². The molecule has 0 radical (unpaired) electrons. The van der Waals surface area contributed by atoms with Gasteiger partial charge in [0, 0.05) is 5.56 Å². The Labute approximate surface area is 173 Å². The van der Waals surface area contributed by atoms with Gasteiger partial charge in [-0.2, -0.15) is 13.5 Å². The number of ether oxygens (including phenoxy) is 1. The topological polar surface area (TPSA) is 106 Å². The molecule has 0 bridgehead atoms. The van der Waals surface area contributed by atoms with Gasteiger partial charge in [0.05, 0.1) is 18.6 Å². The molecule has 2 aromatic carbocycles. The minimum Gasteiger partial charge on any atom is -0.497 e. The van der Waals surface area contributed by atoms with Crippen molar-refractivity contribution >= 4 is 39.2 Å². The number of hydrogen-bond acceptors (Lipinski definition) is 8. The van der Waals surface area contributed by atoms with Crippen molar-refractivity contribution < 1.29 is 22.1 Å². The van der Waals surface area contributed by atoms with Crippen molar-refractivity contribution in [3.8, 4) is 11.5 Å². The van der Waals surface area contributed by atoms with E-state index in [1.54, 1.807) is 37.3 Å². The molecule has 3 rings (SSSR count). The van der Waals surface area contributed by atoms with Crippen LogP contribution < -0.4 is 14.2 Å². The molecule has 0 unspecified atom stereocenters. The first-order valence-corrected chi connectivity index (χ1v) is 10.8. The third kappa shape index (κ3) is 5.15. The molecule has 29 heavy (non-hydrogen) atoms. The normalized spacial score (nSPS) is 18.2. The third-order valence-electron chi connectivity index (χ3n) is 3.95. The number of thioether (sulfide) groups is 1. The highest BCUT2D eigenvalue weighted by Gasteiger charge is 2.25. The van der Waals surface area contributed by atoms with E-state index >= 15 is 0 Å². The van der Waals surface area contributed by atoms with Crippen molar-refractivity contribution in [3.05, 3.63) is 53.6 Å². The lowest BCUT2D eigenvalue weighted by molar-refractivity contribution is -0.118. The molecular formula is C19H19N3O5S2. The van der Waals surface area contributed by atoms with Gasteiger partial charge in [0.2, 0.25) is 5.91 Å². The van der Waals surface area contributed by atoms with E-state index in [4.69, 9.17) is 8.92 Å². The first kappa shape index (κ1) is 20.9. The van der Waals surface area contributed by atoms with E-state index in [1.807, 2.05) is 6.92 Å². The molecule has 10 heteroatoms. The highest BCUT2D eigenvalue weighted by Crippen LogP contribution is 2.25. The number of carbonyl (C=O) groups is 1. The van der Waals surface area contributed by atoms with Gasteiger partial charge >= 0.3 is 10.1 Å². The summed E-state index contributed by atoms with van der Waals surface area (Å²) in [5.74, 6) is 0.526. The highest BCUT2D eigenvalue weighted by atomic mass is 32.2. The first-order chi connectivity index (χ1) is 13.8. The Bertz CT molecular complexity index is 1080. The van der Waals surface area contributed by atoms with Gasteiger partial charge in [0.25, 0.3) is 0 Å². The maximum Gasteiger partial charge on any atom is 0.339 e. The first-order valence-electron chi connectivity index (χ1n) is 8.56. The molecule has 1 aliphatic rings. The summed E-state index contributed by atoms with van der Waals surface area (Å²) in [6.07, 6.45) is 1.38. The van der Waals surface area contributed by atoms with E-state index in [9.17, 15) is 13.2 Å². The summed E-state index contributed by atoms with van der Waals surface area (Å²) in [5, 5.41) is 10.7. The molecule has 0 spiro atoms. The van der Waals surface area contributed by atoms with Crippen LogP contribution in [0.5, 0.6) is 11.5 Å². The number of amides is 1. The molecule has 0 saturated carbocycles. The molecule has 1 fully saturated rings. The fourth-order valence-electron chi connectivity index (χ4n) is 2.40. The molecule has 1 amide bonds. The summed E-state index contributed by atoms with van der Waals surface area (Å²) >= 11 is 1.26. The quantitative estimate of drug-likeness (QED) is 0.426. The molecule has 1 atom stereocenters. The van der Waals surface area contributed by atoms with Gasteiger partial charge in [0.1, 0.15) is 10.6 Å². The molecular weight excluding hydrogens is 414 g/mol. The summed E-state index contributed by atoms with van der Waals surface area (Å²) in [6, 6.07) is 10.9. The molecule has 1 heterocycles. The Morgan fingerprint density at radius 2 is 1.90 bits per heavy atom. The zero-order valence-corrected chi connectivity index (χ0v) is 17.6. The van der Waals surface area contributed by atoms with Gasteiger partial charge in [-0.3, -0.25) is 4.79 Å². The molecule has 2 aromatic rings. The van der Waals surface area contributed by atoms with Crippen LogP contribution in [0.3, 0.4) is 0 Å². The highest BCUT2D eigenvalue weighted by molar-refractivity contribution is 8.15. The Hall–Kier alpha value is -2.85. The summed E-state index contributed by atoms with van der Waals surface area (Å²) < 4.78 is 35.6. The van der Waals surface area contributed by atoms with Gasteiger partial charge in [-0.1, -0.05) is 23.4 Å². The Balaban J connectivity index is 1.83. The number of methoxy groups -OCH3 is 1. The molecule has 1 saturated heterocycles. The zero-order chi connectivity index (χ0) is 21.0. The minimum atomic E-state index is -4.04. The Morgan fingerprint density at radius 1 is 1.17 bits per heavy atom. The SMILES string of the molecule is COc1ccc(S(=O)(=O)Oc2ccc(C)cc2C=NN=C2NC(=O)[C@@H](C)S2)cc1. The number of aryl methyl sites for hydroxylation is 1. The lowest BCUT2D eigenvalue weighted by Crippen LogP contribution is -2.23. The number of hydrogen-bond donors (Lipinski definition) is 1. The van der Waals surface area contributed by atoms with Gasteiger partial charge < -0.3 is 14.2 Å². The average Bonchev–Trinajstić information content (AvgIpc) is 3.01. The maximum atomic E-state index is 12.6. The predicted molar refractivity (Wildman–Crippen MR) is 112 cm³/mol. The van der Waals surface area contributed by atoms with Gasteiger partial charge in [-0.15, -0.1) is 5.10 Å². The predicted octanol–water partition coefficient (Wildman–Crippen LogP) is 2.71. The fraction of sp³-hybridized carbons (Fsp3) is 0.211. The lowest BCUT2D eigenvalue weighted by atomic mass is 10.1. The maximum absolute atomic E-state index is 12.6. The van der Waals surface area contributed by atoms with Crippen molar-refractivity contribution in [2.75, 3.05) is 7.11 Å². The summed E-state index contributed by atoms with van der Waals surface area (Å²) in [7, 11) is -2.55.